The largest absolute Gasteiger partial charge is 0.305 e. The first kappa shape index (κ1) is 16.3. The van der Waals surface area contributed by atoms with Crippen LogP contribution >= 0.6 is 0 Å². The van der Waals surface area contributed by atoms with Crippen molar-refractivity contribution in [2.45, 2.75) is 72.3 Å². The van der Waals surface area contributed by atoms with Crippen molar-refractivity contribution in [3.05, 3.63) is 0 Å². The van der Waals surface area contributed by atoms with E-state index < -0.39 is 0 Å². The maximum absolute atomic E-state index is 2.62. The van der Waals surface area contributed by atoms with Crippen LogP contribution in [0.25, 0.3) is 0 Å². The SMILES string of the molecule is CC.CC(C)N1CCC2(CC2)C1.CN1CC2(CCC2)C1. The van der Waals surface area contributed by atoms with Crippen LogP contribution in [-0.2, 0) is 0 Å². The van der Waals surface area contributed by atoms with Crippen molar-refractivity contribution in [3.63, 3.8) is 0 Å². The summed E-state index contributed by atoms with van der Waals surface area (Å²) in [5.74, 6) is 0. The van der Waals surface area contributed by atoms with Gasteiger partial charge < -0.3 is 9.80 Å². The van der Waals surface area contributed by atoms with Crippen molar-refractivity contribution in [2.75, 3.05) is 33.2 Å². The average Bonchev–Trinajstić information content (AvgIpc) is 2.96. The van der Waals surface area contributed by atoms with Crippen LogP contribution < -0.4 is 0 Å². The minimum Gasteiger partial charge on any atom is -0.305 e. The van der Waals surface area contributed by atoms with Gasteiger partial charge in [-0.25, -0.2) is 0 Å². The molecule has 0 unspecified atom stereocenters. The molecule has 4 fully saturated rings. The lowest BCUT2D eigenvalue weighted by molar-refractivity contribution is -0.0436. The van der Waals surface area contributed by atoms with Gasteiger partial charge in [0.25, 0.3) is 0 Å². The Kier molecular flexibility index (Phi) is 5.18. The van der Waals surface area contributed by atoms with Gasteiger partial charge in [0.05, 0.1) is 0 Å². The molecule has 4 aliphatic rings. The summed E-state index contributed by atoms with van der Waals surface area (Å²) < 4.78 is 0. The standard InChI is InChI=1S/C9H17N.C7H13N.C2H6/c1-8(2)10-6-5-9(7-10)3-4-9;1-8-5-7(6-8)3-2-4-7;1-2/h8H,3-7H2,1-2H3;2-6H2,1H3;1-2H3. The van der Waals surface area contributed by atoms with Gasteiger partial charge >= 0.3 is 0 Å². The minimum atomic E-state index is 0.778. The average molecular weight is 280 g/mol. The lowest BCUT2D eigenvalue weighted by Crippen LogP contribution is -2.57. The molecular weight excluding hydrogens is 244 g/mol. The Hall–Kier alpha value is -0.0800. The quantitative estimate of drug-likeness (QED) is 0.716. The van der Waals surface area contributed by atoms with Gasteiger partial charge in [-0.2, -0.15) is 0 Å². The van der Waals surface area contributed by atoms with Crippen LogP contribution in [0, 0.1) is 10.8 Å². The summed E-state index contributed by atoms with van der Waals surface area (Å²) in [5, 5.41) is 0. The van der Waals surface area contributed by atoms with Crippen molar-refractivity contribution < 1.29 is 0 Å². The van der Waals surface area contributed by atoms with Gasteiger partial charge in [0, 0.05) is 25.7 Å². The maximum atomic E-state index is 2.62. The highest BCUT2D eigenvalue weighted by atomic mass is 15.2. The lowest BCUT2D eigenvalue weighted by Gasteiger charge is -2.54. The van der Waals surface area contributed by atoms with E-state index in [2.05, 4.69) is 30.7 Å². The molecule has 0 bridgehead atoms. The van der Waals surface area contributed by atoms with Gasteiger partial charge in [-0.1, -0.05) is 20.3 Å². The molecule has 2 heterocycles. The minimum absolute atomic E-state index is 0.778. The third-order valence-electron chi connectivity index (χ3n) is 5.78. The fourth-order valence-electron chi connectivity index (χ4n) is 4.09. The molecule has 118 valence electrons. The van der Waals surface area contributed by atoms with Crippen molar-refractivity contribution in [1.29, 1.82) is 0 Å². The van der Waals surface area contributed by atoms with Gasteiger partial charge in [-0.05, 0) is 70.4 Å². The summed E-state index contributed by atoms with van der Waals surface area (Å²) in [6.45, 7) is 14.1. The van der Waals surface area contributed by atoms with E-state index >= 15 is 0 Å². The highest BCUT2D eigenvalue weighted by Crippen LogP contribution is 2.52. The lowest BCUT2D eigenvalue weighted by atomic mass is 9.64. The van der Waals surface area contributed by atoms with Crippen LogP contribution in [0.1, 0.15) is 66.2 Å². The number of hydrogen-bond donors (Lipinski definition) is 0. The molecule has 0 aromatic carbocycles. The third-order valence-corrected chi connectivity index (χ3v) is 5.78. The Morgan fingerprint density at radius 3 is 1.60 bits per heavy atom. The Bertz CT molecular complexity index is 295. The van der Waals surface area contributed by atoms with E-state index in [9.17, 15) is 0 Å². The summed E-state index contributed by atoms with van der Waals surface area (Å²) in [5.41, 5.74) is 1.67. The molecule has 20 heavy (non-hydrogen) atoms. The fourth-order valence-corrected chi connectivity index (χ4v) is 4.09. The van der Waals surface area contributed by atoms with Crippen LogP contribution in [-0.4, -0.2) is 49.1 Å². The predicted molar refractivity (Wildman–Crippen MR) is 88.1 cm³/mol. The maximum Gasteiger partial charge on any atom is 0.00474 e. The number of nitrogens with zero attached hydrogens (tertiary/aromatic N) is 2. The van der Waals surface area contributed by atoms with Gasteiger partial charge in [-0.15, -0.1) is 0 Å². The summed E-state index contributed by atoms with van der Waals surface area (Å²) >= 11 is 0. The number of hydrogen-bond acceptors (Lipinski definition) is 2. The molecule has 2 saturated heterocycles. The monoisotopic (exact) mass is 280 g/mol. The Morgan fingerprint density at radius 1 is 0.800 bits per heavy atom. The Balaban J connectivity index is 0.000000133. The predicted octanol–water partition coefficient (Wildman–Crippen LogP) is 4.01. The summed E-state index contributed by atoms with van der Waals surface area (Å²) in [6, 6.07) is 0.778. The summed E-state index contributed by atoms with van der Waals surface area (Å²) in [7, 11) is 2.21. The molecule has 2 saturated carbocycles. The number of likely N-dealkylation sites (tertiary alicyclic amines) is 2. The van der Waals surface area contributed by atoms with Crippen LogP contribution in [0.15, 0.2) is 0 Å². The van der Waals surface area contributed by atoms with E-state index in [-0.39, 0.29) is 0 Å². The zero-order chi connectivity index (χ0) is 14.8. The summed E-state index contributed by atoms with van der Waals surface area (Å²) in [6.07, 6.45) is 9.01. The van der Waals surface area contributed by atoms with Gasteiger partial charge in [0.1, 0.15) is 0 Å². The second-order valence-corrected chi connectivity index (χ2v) is 7.84. The molecule has 0 aromatic rings. The van der Waals surface area contributed by atoms with Gasteiger partial charge in [0.2, 0.25) is 0 Å². The number of rotatable bonds is 1. The van der Waals surface area contributed by atoms with Crippen molar-refractivity contribution in [3.8, 4) is 0 Å². The van der Waals surface area contributed by atoms with Gasteiger partial charge in [-0.3, -0.25) is 0 Å². The third kappa shape index (κ3) is 3.57. The molecule has 0 atom stereocenters. The van der Waals surface area contributed by atoms with Crippen LogP contribution in [0.2, 0.25) is 0 Å². The molecule has 0 radical (unpaired) electrons. The molecule has 2 nitrogen and oxygen atoms in total. The fraction of sp³-hybridized carbons (Fsp3) is 1.00. The zero-order valence-corrected chi connectivity index (χ0v) is 14.5. The molecule has 0 aromatic heterocycles. The van der Waals surface area contributed by atoms with Crippen molar-refractivity contribution in [1.82, 2.24) is 9.80 Å². The van der Waals surface area contributed by atoms with E-state index in [1.165, 1.54) is 64.7 Å². The smallest absolute Gasteiger partial charge is 0.00474 e. The van der Waals surface area contributed by atoms with Gasteiger partial charge in [0.15, 0.2) is 0 Å². The van der Waals surface area contributed by atoms with Crippen molar-refractivity contribution >= 4 is 0 Å². The van der Waals surface area contributed by atoms with E-state index in [1.807, 2.05) is 13.8 Å². The summed E-state index contributed by atoms with van der Waals surface area (Å²) in [4.78, 5) is 5.03. The molecule has 2 aliphatic carbocycles. The van der Waals surface area contributed by atoms with E-state index in [0.717, 1.165) is 16.9 Å². The normalized spacial score (nSPS) is 29.1. The van der Waals surface area contributed by atoms with E-state index in [0.29, 0.717) is 0 Å². The molecule has 4 rings (SSSR count). The first-order chi connectivity index (χ1) is 9.53. The zero-order valence-electron chi connectivity index (χ0n) is 14.5. The van der Waals surface area contributed by atoms with E-state index in [1.54, 1.807) is 0 Å². The molecule has 0 amide bonds. The Labute approximate surface area is 126 Å². The van der Waals surface area contributed by atoms with Crippen LogP contribution in [0.5, 0.6) is 0 Å². The topological polar surface area (TPSA) is 6.48 Å². The van der Waals surface area contributed by atoms with Crippen LogP contribution in [0.3, 0.4) is 0 Å². The van der Waals surface area contributed by atoms with Crippen molar-refractivity contribution in [2.24, 2.45) is 10.8 Å². The molecule has 2 heteroatoms. The molecular formula is C18H36N2. The molecule has 2 spiro atoms. The van der Waals surface area contributed by atoms with E-state index in [4.69, 9.17) is 0 Å². The second kappa shape index (κ2) is 6.36. The second-order valence-electron chi connectivity index (χ2n) is 7.84. The van der Waals surface area contributed by atoms with Crippen LogP contribution in [0.4, 0.5) is 0 Å². The highest BCUT2D eigenvalue weighted by Gasteiger charge is 2.47. The highest BCUT2D eigenvalue weighted by molar-refractivity contribution is 5.01. The molecule has 2 aliphatic heterocycles. The first-order valence-electron chi connectivity index (χ1n) is 8.95. The first-order valence-corrected chi connectivity index (χ1v) is 8.95. The Morgan fingerprint density at radius 2 is 1.40 bits per heavy atom. The molecule has 0 N–H and O–H groups in total.